The third kappa shape index (κ3) is 4.45. The molecule has 2 rings (SSSR count). The van der Waals surface area contributed by atoms with Crippen LogP contribution < -0.4 is 10.2 Å². The van der Waals surface area contributed by atoms with Crippen LogP contribution in [0.4, 0.5) is 5.69 Å². The highest BCUT2D eigenvalue weighted by molar-refractivity contribution is 5.56. The lowest BCUT2D eigenvalue weighted by molar-refractivity contribution is 0.296. The molecule has 0 aliphatic heterocycles. The number of hydrogen-bond donors (Lipinski definition) is 2. The fraction of sp³-hybridized carbons (Fsp3) is 0.667. The maximum absolute atomic E-state index is 9.45. The summed E-state index contributed by atoms with van der Waals surface area (Å²) in [4.78, 5) is 2.39. The van der Waals surface area contributed by atoms with E-state index in [-0.39, 0.29) is 6.61 Å². The second kappa shape index (κ2) is 7.81. The normalized spacial score (nSPS) is 14.7. The molecule has 1 aliphatic rings. The molecule has 0 atom stereocenters. The van der Waals surface area contributed by atoms with Crippen LogP contribution >= 0.6 is 0 Å². The van der Waals surface area contributed by atoms with Gasteiger partial charge in [0.05, 0.1) is 6.61 Å². The maximum Gasteiger partial charge on any atom is 0.0606 e. The zero-order chi connectivity index (χ0) is 15.2. The Morgan fingerprint density at radius 2 is 2.00 bits per heavy atom. The molecule has 0 heterocycles. The fourth-order valence-electron chi connectivity index (χ4n) is 3.01. The lowest BCUT2D eigenvalue weighted by Crippen LogP contribution is -2.37. The van der Waals surface area contributed by atoms with Gasteiger partial charge >= 0.3 is 0 Å². The van der Waals surface area contributed by atoms with Crippen LogP contribution in [-0.4, -0.2) is 30.3 Å². The SMILES string of the molecule is CCC(CC)N(CCO)c1ccc(C)cc1CNC1CC1. The van der Waals surface area contributed by atoms with Crippen molar-refractivity contribution in [1.82, 2.24) is 5.32 Å². The number of aryl methyl sites for hydroxylation is 1. The summed E-state index contributed by atoms with van der Waals surface area (Å²) in [5.41, 5.74) is 3.96. The van der Waals surface area contributed by atoms with Crippen LogP contribution in [0.1, 0.15) is 50.7 Å². The van der Waals surface area contributed by atoms with Gasteiger partial charge in [-0.25, -0.2) is 0 Å². The highest BCUT2D eigenvalue weighted by Gasteiger charge is 2.22. The molecule has 118 valence electrons. The predicted octanol–water partition coefficient (Wildman–Crippen LogP) is 3.23. The topological polar surface area (TPSA) is 35.5 Å². The smallest absolute Gasteiger partial charge is 0.0606 e. The molecule has 1 saturated carbocycles. The minimum Gasteiger partial charge on any atom is -0.395 e. The van der Waals surface area contributed by atoms with Crippen LogP contribution in [0.15, 0.2) is 18.2 Å². The van der Waals surface area contributed by atoms with Gasteiger partial charge in [-0.2, -0.15) is 0 Å². The Kier molecular flexibility index (Phi) is 6.07. The first-order valence-electron chi connectivity index (χ1n) is 8.40. The predicted molar refractivity (Wildman–Crippen MR) is 89.8 cm³/mol. The Hall–Kier alpha value is -1.06. The molecule has 0 radical (unpaired) electrons. The molecule has 0 aromatic heterocycles. The highest BCUT2D eigenvalue weighted by atomic mass is 16.3. The molecule has 3 nitrogen and oxygen atoms in total. The lowest BCUT2D eigenvalue weighted by atomic mass is 10.0. The summed E-state index contributed by atoms with van der Waals surface area (Å²) in [5, 5.41) is 13.1. The van der Waals surface area contributed by atoms with E-state index < -0.39 is 0 Å². The van der Waals surface area contributed by atoms with E-state index in [1.165, 1.54) is 29.7 Å². The third-order valence-electron chi connectivity index (χ3n) is 4.43. The van der Waals surface area contributed by atoms with E-state index in [2.05, 4.69) is 49.2 Å². The van der Waals surface area contributed by atoms with Crippen molar-refractivity contribution in [2.75, 3.05) is 18.1 Å². The number of hydrogen-bond acceptors (Lipinski definition) is 3. The van der Waals surface area contributed by atoms with Gasteiger partial charge in [-0.1, -0.05) is 31.5 Å². The highest BCUT2D eigenvalue weighted by Crippen LogP contribution is 2.27. The second-order valence-corrected chi connectivity index (χ2v) is 6.17. The molecule has 1 aromatic rings. The van der Waals surface area contributed by atoms with Crippen molar-refractivity contribution in [3.8, 4) is 0 Å². The van der Waals surface area contributed by atoms with Crippen LogP contribution in [0.3, 0.4) is 0 Å². The van der Waals surface area contributed by atoms with Gasteiger partial charge in [-0.3, -0.25) is 0 Å². The summed E-state index contributed by atoms with van der Waals surface area (Å²) in [6.07, 6.45) is 4.85. The Labute approximate surface area is 129 Å². The van der Waals surface area contributed by atoms with Crippen LogP contribution in [0, 0.1) is 6.92 Å². The number of anilines is 1. The molecule has 0 bridgehead atoms. The fourth-order valence-corrected chi connectivity index (χ4v) is 3.01. The average molecular weight is 290 g/mol. The first-order valence-corrected chi connectivity index (χ1v) is 8.40. The van der Waals surface area contributed by atoms with Gasteiger partial charge in [0.1, 0.15) is 0 Å². The molecule has 2 N–H and O–H groups in total. The summed E-state index contributed by atoms with van der Waals surface area (Å²) in [5.74, 6) is 0. The van der Waals surface area contributed by atoms with E-state index in [4.69, 9.17) is 0 Å². The van der Waals surface area contributed by atoms with Crippen molar-refractivity contribution < 1.29 is 5.11 Å². The minimum absolute atomic E-state index is 0.208. The molecule has 3 heteroatoms. The largest absolute Gasteiger partial charge is 0.395 e. The van der Waals surface area contributed by atoms with Gasteiger partial charge in [0.25, 0.3) is 0 Å². The van der Waals surface area contributed by atoms with Crippen molar-refractivity contribution in [3.05, 3.63) is 29.3 Å². The molecule has 1 aromatic carbocycles. The van der Waals surface area contributed by atoms with E-state index in [1.54, 1.807) is 0 Å². The molecule has 0 amide bonds. The number of nitrogens with one attached hydrogen (secondary N) is 1. The van der Waals surface area contributed by atoms with Crippen LogP contribution in [0.2, 0.25) is 0 Å². The van der Waals surface area contributed by atoms with E-state index in [9.17, 15) is 5.11 Å². The summed E-state index contributed by atoms with van der Waals surface area (Å²) in [6, 6.07) is 7.92. The third-order valence-corrected chi connectivity index (χ3v) is 4.43. The van der Waals surface area contributed by atoms with Gasteiger partial charge in [0.15, 0.2) is 0 Å². The number of nitrogens with zero attached hydrogens (tertiary/aromatic N) is 1. The standard InChI is InChI=1S/C18H30N2O/c1-4-17(5-2)20(10-11-21)18-9-6-14(3)12-15(18)13-19-16-7-8-16/h6,9,12,16-17,19,21H,4-5,7-8,10-11,13H2,1-3H3. The number of aliphatic hydroxyl groups excluding tert-OH is 1. The van der Waals surface area contributed by atoms with Crippen molar-refractivity contribution in [3.63, 3.8) is 0 Å². The van der Waals surface area contributed by atoms with Crippen LogP contribution in [0.25, 0.3) is 0 Å². The van der Waals surface area contributed by atoms with E-state index >= 15 is 0 Å². The molecule has 1 aliphatic carbocycles. The average Bonchev–Trinajstić information content (AvgIpc) is 3.30. The summed E-state index contributed by atoms with van der Waals surface area (Å²) < 4.78 is 0. The monoisotopic (exact) mass is 290 g/mol. The van der Waals surface area contributed by atoms with E-state index in [1.807, 2.05) is 0 Å². The lowest BCUT2D eigenvalue weighted by Gasteiger charge is -2.34. The molecule has 0 unspecified atom stereocenters. The summed E-state index contributed by atoms with van der Waals surface area (Å²) in [6.45, 7) is 8.47. The first kappa shape index (κ1) is 16.3. The Balaban J connectivity index is 2.23. The zero-order valence-corrected chi connectivity index (χ0v) is 13.7. The second-order valence-electron chi connectivity index (χ2n) is 6.17. The number of rotatable bonds is 9. The Morgan fingerprint density at radius 3 is 2.57 bits per heavy atom. The molecule has 1 fully saturated rings. The van der Waals surface area contributed by atoms with Gasteiger partial charge in [0, 0.05) is 30.9 Å². The van der Waals surface area contributed by atoms with Crippen LogP contribution in [0.5, 0.6) is 0 Å². The van der Waals surface area contributed by atoms with Gasteiger partial charge in [0.2, 0.25) is 0 Å². The van der Waals surface area contributed by atoms with Crippen molar-refractivity contribution >= 4 is 5.69 Å². The van der Waals surface area contributed by atoms with Gasteiger partial charge in [-0.05, 0) is 44.2 Å². The number of aliphatic hydroxyl groups is 1. The van der Waals surface area contributed by atoms with Gasteiger partial charge in [-0.15, -0.1) is 0 Å². The summed E-state index contributed by atoms with van der Waals surface area (Å²) >= 11 is 0. The molecule has 0 saturated heterocycles. The van der Waals surface area contributed by atoms with Gasteiger partial charge < -0.3 is 15.3 Å². The van der Waals surface area contributed by atoms with Crippen molar-refractivity contribution in [1.29, 1.82) is 0 Å². The number of benzene rings is 1. The zero-order valence-electron chi connectivity index (χ0n) is 13.7. The molecule has 21 heavy (non-hydrogen) atoms. The first-order chi connectivity index (χ1) is 10.2. The van der Waals surface area contributed by atoms with Crippen LogP contribution in [-0.2, 0) is 6.54 Å². The quantitative estimate of drug-likeness (QED) is 0.733. The van der Waals surface area contributed by atoms with E-state index in [0.29, 0.717) is 12.6 Å². The molecular formula is C18H30N2O. The Bertz CT molecular complexity index is 439. The minimum atomic E-state index is 0.208. The molecular weight excluding hydrogens is 260 g/mol. The Morgan fingerprint density at radius 1 is 1.29 bits per heavy atom. The summed E-state index contributed by atoms with van der Waals surface area (Å²) in [7, 11) is 0. The molecule has 0 spiro atoms. The maximum atomic E-state index is 9.45. The van der Waals surface area contributed by atoms with Crippen molar-refractivity contribution in [2.45, 2.75) is 65.1 Å². The van der Waals surface area contributed by atoms with E-state index in [0.717, 1.165) is 25.4 Å². The van der Waals surface area contributed by atoms with Crippen molar-refractivity contribution in [2.24, 2.45) is 0 Å².